The van der Waals surface area contributed by atoms with E-state index in [4.69, 9.17) is 0 Å². The fourth-order valence-corrected chi connectivity index (χ4v) is 0.449. The minimum absolute atomic E-state index is 0.730. The average molecular weight is 162 g/mol. The standard InChI is InChI=1S/C5H7O4P/c1-3-5(6)9-4(2)10(7)8/h3-4H,1H2,2H3. The highest BCUT2D eigenvalue weighted by Crippen LogP contribution is 2.14. The second-order valence-electron chi connectivity index (χ2n) is 1.53. The molecule has 0 amide bonds. The van der Waals surface area contributed by atoms with Gasteiger partial charge in [0.15, 0.2) is 0 Å². The summed E-state index contributed by atoms with van der Waals surface area (Å²) in [6.45, 7) is 4.37. The van der Waals surface area contributed by atoms with Crippen LogP contribution in [0.2, 0.25) is 0 Å². The second-order valence-corrected chi connectivity index (χ2v) is 2.82. The first-order valence-electron chi connectivity index (χ1n) is 2.54. The molecule has 1 atom stereocenters. The smallest absolute Gasteiger partial charge is 0.357 e. The molecule has 0 spiro atoms. The second kappa shape index (κ2) is 4.01. The summed E-state index contributed by atoms with van der Waals surface area (Å²) in [7, 11) is -2.69. The van der Waals surface area contributed by atoms with Gasteiger partial charge in [-0.2, -0.15) is 0 Å². The van der Waals surface area contributed by atoms with Gasteiger partial charge in [0.2, 0.25) is 5.85 Å². The maximum Gasteiger partial charge on any atom is 0.357 e. The van der Waals surface area contributed by atoms with Crippen molar-refractivity contribution >= 4 is 13.6 Å². The van der Waals surface area contributed by atoms with Gasteiger partial charge < -0.3 is 4.74 Å². The van der Waals surface area contributed by atoms with Gasteiger partial charge in [-0.25, -0.2) is 13.9 Å². The zero-order valence-corrected chi connectivity index (χ0v) is 6.34. The molecule has 0 radical (unpaired) electrons. The minimum Gasteiger partial charge on any atom is -0.444 e. The summed E-state index contributed by atoms with van der Waals surface area (Å²) in [5.41, 5.74) is 0. The van der Waals surface area contributed by atoms with Crippen LogP contribution < -0.4 is 0 Å². The molecule has 0 aliphatic carbocycles. The van der Waals surface area contributed by atoms with Crippen LogP contribution in [0.4, 0.5) is 0 Å². The van der Waals surface area contributed by atoms with Crippen LogP contribution in [0.5, 0.6) is 0 Å². The summed E-state index contributed by atoms with van der Waals surface area (Å²) in [5.74, 6) is -1.80. The quantitative estimate of drug-likeness (QED) is 0.355. The molecule has 0 aliphatic heterocycles. The lowest BCUT2D eigenvalue weighted by atomic mass is 10.6. The van der Waals surface area contributed by atoms with Gasteiger partial charge >= 0.3 is 13.6 Å². The zero-order chi connectivity index (χ0) is 8.15. The van der Waals surface area contributed by atoms with Crippen molar-refractivity contribution in [3.63, 3.8) is 0 Å². The molecule has 5 heteroatoms. The van der Waals surface area contributed by atoms with Crippen LogP contribution in [0, 0.1) is 0 Å². The molecule has 0 saturated heterocycles. The van der Waals surface area contributed by atoms with Gasteiger partial charge in [-0.15, -0.1) is 0 Å². The molecular formula is C5H7O4P. The van der Waals surface area contributed by atoms with E-state index >= 15 is 0 Å². The minimum atomic E-state index is -2.69. The fourth-order valence-electron chi connectivity index (χ4n) is 0.259. The van der Waals surface area contributed by atoms with Crippen molar-refractivity contribution in [3.8, 4) is 0 Å². The summed E-state index contributed by atoms with van der Waals surface area (Å²) >= 11 is 0. The Morgan fingerprint density at radius 2 is 2.20 bits per heavy atom. The lowest BCUT2D eigenvalue weighted by Gasteiger charge is -2.00. The van der Waals surface area contributed by atoms with Gasteiger partial charge in [-0.1, -0.05) is 6.58 Å². The number of carbonyl (C=O) groups is 1. The van der Waals surface area contributed by atoms with Crippen LogP contribution in [-0.2, 0) is 18.7 Å². The van der Waals surface area contributed by atoms with Crippen molar-refractivity contribution in [3.05, 3.63) is 12.7 Å². The van der Waals surface area contributed by atoms with E-state index in [0.717, 1.165) is 6.08 Å². The van der Waals surface area contributed by atoms with Crippen molar-refractivity contribution in [1.29, 1.82) is 0 Å². The van der Waals surface area contributed by atoms with E-state index in [-0.39, 0.29) is 0 Å². The Morgan fingerprint density at radius 3 is 2.50 bits per heavy atom. The lowest BCUT2D eigenvalue weighted by molar-refractivity contribution is -0.138. The molecule has 0 aliphatic rings. The Hall–Kier alpha value is -0.890. The molecule has 0 N–H and O–H groups in total. The SMILES string of the molecule is C=CC(=O)OC(C)P(=O)=O. The number of ether oxygens (including phenoxy) is 1. The predicted molar refractivity (Wildman–Crippen MR) is 34.0 cm³/mol. The first-order valence-corrected chi connectivity index (χ1v) is 3.79. The number of hydrogen-bond donors (Lipinski definition) is 0. The van der Waals surface area contributed by atoms with E-state index in [2.05, 4.69) is 11.3 Å². The molecule has 0 aromatic carbocycles. The molecule has 0 heterocycles. The maximum atomic E-state index is 10.3. The van der Waals surface area contributed by atoms with E-state index in [9.17, 15) is 13.9 Å². The summed E-state index contributed by atoms with van der Waals surface area (Å²) < 4.78 is 24.5. The molecule has 4 nitrogen and oxygen atoms in total. The van der Waals surface area contributed by atoms with Gasteiger partial charge in [0.05, 0.1) is 0 Å². The molecule has 1 unspecified atom stereocenters. The topological polar surface area (TPSA) is 60.4 Å². The van der Waals surface area contributed by atoms with Crippen molar-refractivity contribution in [2.75, 3.05) is 0 Å². The third kappa shape index (κ3) is 3.20. The maximum absolute atomic E-state index is 10.3. The molecule has 0 aromatic rings. The van der Waals surface area contributed by atoms with Crippen LogP contribution in [0.25, 0.3) is 0 Å². The molecule has 0 bridgehead atoms. The Labute approximate surface area is 58.7 Å². The molecule has 0 aromatic heterocycles. The van der Waals surface area contributed by atoms with Crippen molar-refractivity contribution in [2.24, 2.45) is 0 Å². The van der Waals surface area contributed by atoms with Crippen LogP contribution in [-0.4, -0.2) is 11.8 Å². The Balaban J connectivity index is 3.91. The van der Waals surface area contributed by atoms with E-state index in [1.54, 1.807) is 0 Å². The van der Waals surface area contributed by atoms with E-state index in [1.807, 2.05) is 0 Å². The highest BCUT2D eigenvalue weighted by atomic mass is 31.1. The van der Waals surface area contributed by atoms with Gasteiger partial charge in [0.1, 0.15) is 0 Å². The number of rotatable bonds is 3. The summed E-state index contributed by atoms with van der Waals surface area (Å²) in [6.07, 6.45) is 0.912. The van der Waals surface area contributed by atoms with Gasteiger partial charge in [0.25, 0.3) is 0 Å². The number of carbonyl (C=O) groups excluding carboxylic acids is 1. The van der Waals surface area contributed by atoms with Crippen LogP contribution in [0.3, 0.4) is 0 Å². The normalized spacial score (nSPS) is 11.7. The molecular weight excluding hydrogens is 155 g/mol. The summed E-state index contributed by atoms with van der Waals surface area (Å²) in [5, 5.41) is 0. The third-order valence-corrected chi connectivity index (χ3v) is 1.45. The monoisotopic (exact) mass is 162 g/mol. The molecule has 0 fully saturated rings. The van der Waals surface area contributed by atoms with Crippen molar-refractivity contribution < 1.29 is 18.7 Å². The first-order chi connectivity index (χ1) is 4.57. The predicted octanol–water partition coefficient (Wildman–Crippen LogP) is 1.23. The molecule has 56 valence electrons. The molecule has 10 heavy (non-hydrogen) atoms. The van der Waals surface area contributed by atoms with Crippen LogP contribution >= 0.6 is 7.68 Å². The number of esters is 1. The lowest BCUT2D eigenvalue weighted by Crippen LogP contribution is -2.06. The van der Waals surface area contributed by atoms with E-state index < -0.39 is 19.5 Å². The summed E-state index contributed by atoms with van der Waals surface area (Å²) in [4.78, 5) is 10.3. The molecule has 0 rings (SSSR count). The third-order valence-electron chi connectivity index (χ3n) is 0.750. The van der Waals surface area contributed by atoms with E-state index in [1.165, 1.54) is 6.92 Å². The van der Waals surface area contributed by atoms with Crippen molar-refractivity contribution in [2.45, 2.75) is 12.8 Å². The Bertz CT molecular complexity index is 198. The first kappa shape index (κ1) is 9.11. The van der Waals surface area contributed by atoms with Crippen molar-refractivity contribution in [1.82, 2.24) is 0 Å². The molecule has 0 saturated carbocycles. The Kier molecular flexibility index (Phi) is 3.65. The highest BCUT2D eigenvalue weighted by Gasteiger charge is 2.10. The largest absolute Gasteiger partial charge is 0.444 e. The summed E-state index contributed by atoms with van der Waals surface area (Å²) in [6, 6.07) is 0. The van der Waals surface area contributed by atoms with E-state index in [0.29, 0.717) is 0 Å². The van der Waals surface area contributed by atoms with Crippen LogP contribution in [0.15, 0.2) is 12.7 Å². The Morgan fingerprint density at radius 1 is 1.70 bits per heavy atom. The highest BCUT2D eigenvalue weighted by molar-refractivity contribution is 7.31. The average Bonchev–Trinajstić information content (AvgIpc) is 1.87. The number of hydrogen-bond acceptors (Lipinski definition) is 4. The van der Waals surface area contributed by atoms with Gasteiger partial charge in [-0.3, -0.25) is 0 Å². The zero-order valence-electron chi connectivity index (χ0n) is 5.44. The van der Waals surface area contributed by atoms with Crippen LogP contribution in [0.1, 0.15) is 6.92 Å². The van der Waals surface area contributed by atoms with Gasteiger partial charge in [0, 0.05) is 6.08 Å². The van der Waals surface area contributed by atoms with Gasteiger partial charge in [-0.05, 0) is 6.92 Å². The fraction of sp³-hybridized carbons (Fsp3) is 0.400.